The average molecular weight is 290 g/mol. The van der Waals surface area contributed by atoms with Gasteiger partial charge in [-0.3, -0.25) is 4.79 Å². The van der Waals surface area contributed by atoms with Crippen molar-refractivity contribution in [2.75, 3.05) is 20.0 Å². The van der Waals surface area contributed by atoms with Gasteiger partial charge in [0.1, 0.15) is 6.10 Å². The minimum atomic E-state index is -0.280. The Kier molecular flexibility index (Phi) is 8.32. The molecule has 5 nitrogen and oxygen atoms in total. The maximum absolute atomic E-state index is 11.1. The van der Waals surface area contributed by atoms with Crippen LogP contribution in [0.2, 0.25) is 0 Å². The molecule has 0 aromatic rings. The van der Waals surface area contributed by atoms with Gasteiger partial charge in [0.15, 0.2) is 6.79 Å². The number of rotatable bonds is 8. The lowest BCUT2D eigenvalue weighted by Crippen LogP contribution is -2.34. The summed E-state index contributed by atoms with van der Waals surface area (Å²) >= 11 is 0. The van der Waals surface area contributed by atoms with Crippen LogP contribution in [-0.2, 0) is 23.7 Å². The molecule has 0 aliphatic heterocycles. The van der Waals surface area contributed by atoms with Crippen LogP contribution in [0.5, 0.6) is 0 Å². The molecule has 0 aliphatic rings. The van der Waals surface area contributed by atoms with Crippen molar-refractivity contribution in [2.45, 2.75) is 72.2 Å². The molecule has 0 saturated carbocycles. The van der Waals surface area contributed by atoms with E-state index in [2.05, 4.69) is 0 Å². The Hall–Kier alpha value is -0.650. The van der Waals surface area contributed by atoms with Crippen molar-refractivity contribution in [3.05, 3.63) is 0 Å². The van der Waals surface area contributed by atoms with Crippen LogP contribution in [-0.4, -0.2) is 43.3 Å². The summed E-state index contributed by atoms with van der Waals surface area (Å²) in [6.07, 6.45) is 0.0727. The Morgan fingerprint density at radius 1 is 0.950 bits per heavy atom. The maximum atomic E-state index is 11.1. The van der Waals surface area contributed by atoms with Crippen LogP contribution < -0.4 is 0 Å². The molecule has 0 saturated heterocycles. The van der Waals surface area contributed by atoms with Crippen LogP contribution in [0, 0.1) is 0 Å². The van der Waals surface area contributed by atoms with Gasteiger partial charge in [-0.25, -0.2) is 0 Å². The fraction of sp³-hybridized carbons (Fsp3) is 0.933. The fourth-order valence-corrected chi connectivity index (χ4v) is 1.13. The van der Waals surface area contributed by atoms with Gasteiger partial charge in [-0.2, -0.15) is 0 Å². The monoisotopic (exact) mass is 290 g/mol. The molecule has 0 unspecified atom stereocenters. The first-order chi connectivity index (χ1) is 9.03. The SMILES string of the molecule is CCC(=O)OCOC(COC(C)(C)C)COC(C)(C)C. The molecule has 0 radical (unpaired) electrons. The highest BCUT2D eigenvalue weighted by Gasteiger charge is 2.20. The summed E-state index contributed by atoms with van der Waals surface area (Å²) in [6, 6.07) is 0. The first-order valence-corrected chi connectivity index (χ1v) is 7.08. The molecule has 0 aliphatic carbocycles. The summed E-state index contributed by atoms with van der Waals surface area (Å²) in [4.78, 5) is 11.1. The van der Waals surface area contributed by atoms with E-state index in [1.165, 1.54) is 0 Å². The quantitative estimate of drug-likeness (QED) is 0.508. The Balaban J connectivity index is 4.21. The zero-order valence-corrected chi connectivity index (χ0v) is 13.9. The van der Waals surface area contributed by atoms with E-state index in [0.717, 1.165) is 0 Å². The normalized spacial score (nSPS) is 12.8. The lowest BCUT2D eigenvalue weighted by molar-refractivity contribution is -0.177. The second kappa shape index (κ2) is 8.60. The first kappa shape index (κ1) is 19.4. The predicted molar refractivity (Wildman–Crippen MR) is 77.5 cm³/mol. The summed E-state index contributed by atoms with van der Waals surface area (Å²) in [6.45, 7) is 14.3. The molecule has 0 N–H and O–H groups in total. The highest BCUT2D eigenvalue weighted by Crippen LogP contribution is 2.12. The second-order valence-corrected chi connectivity index (χ2v) is 6.62. The molecule has 0 fully saturated rings. The summed E-state index contributed by atoms with van der Waals surface area (Å²) < 4.78 is 21.8. The van der Waals surface area contributed by atoms with Gasteiger partial charge in [0.25, 0.3) is 0 Å². The van der Waals surface area contributed by atoms with Gasteiger partial charge < -0.3 is 18.9 Å². The molecule has 0 heterocycles. The van der Waals surface area contributed by atoms with Crippen molar-refractivity contribution < 1.29 is 23.7 Å². The number of hydrogen-bond donors (Lipinski definition) is 0. The molecule has 5 heteroatoms. The molecule has 0 aromatic carbocycles. The van der Waals surface area contributed by atoms with E-state index < -0.39 is 0 Å². The Morgan fingerprint density at radius 3 is 1.75 bits per heavy atom. The van der Waals surface area contributed by atoms with Crippen LogP contribution in [0.3, 0.4) is 0 Å². The highest BCUT2D eigenvalue weighted by atomic mass is 16.7. The standard InChI is InChI=1S/C15H30O5/c1-8-13(16)18-11-17-12(9-19-14(2,3)4)10-20-15(5,6)7/h12H,8-11H2,1-7H3. The molecule has 0 amide bonds. The molecule has 0 bridgehead atoms. The van der Waals surface area contributed by atoms with E-state index in [1.807, 2.05) is 41.5 Å². The van der Waals surface area contributed by atoms with Gasteiger partial charge in [0, 0.05) is 6.42 Å². The van der Waals surface area contributed by atoms with E-state index >= 15 is 0 Å². The third-order valence-electron chi connectivity index (χ3n) is 2.22. The zero-order valence-electron chi connectivity index (χ0n) is 13.9. The zero-order chi connectivity index (χ0) is 15.8. The van der Waals surface area contributed by atoms with Crippen LogP contribution in [0.4, 0.5) is 0 Å². The van der Waals surface area contributed by atoms with Crippen LogP contribution in [0.1, 0.15) is 54.9 Å². The first-order valence-electron chi connectivity index (χ1n) is 7.08. The van der Waals surface area contributed by atoms with Crippen molar-refractivity contribution in [3.8, 4) is 0 Å². The van der Waals surface area contributed by atoms with E-state index in [0.29, 0.717) is 19.6 Å². The molecule has 0 spiro atoms. The van der Waals surface area contributed by atoms with E-state index in [9.17, 15) is 4.79 Å². The van der Waals surface area contributed by atoms with Gasteiger partial charge in [0.05, 0.1) is 24.4 Å². The van der Waals surface area contributed by atoms with Gasteiger partial charge in [-0.05, 0) is 41.5 Å². The predicted octanol–water partition coefficient (Wildman–Crippen LogP) is 2.91. The molecule has 120 valence electrons. The average Bonchev–Trinajstić information content (AvgIpc) is 2.29. The molecule has 0 aromatic heterocycles. The minimum absolute atomic E-state index is 0.0711. The molecule has 20 heavy (non-hydrogen) atoms. The Morgan fingerprint density at radius 2 is 1.40 bits per heavy atom. The molecular formula is C15H30O5. The maximum Gasteiger partial charge on any atom is 0.307 e. The van der Waals surface area contributed by atoms with Crippen molar-refractivity contribution in [1.29, 1.82) is 0 Å². The summed E-state index contributed by atoms with van der Waals surface area (Å²) in [5, 5.41) is 0. The fourth-order valence-electron chi connectivity index (χ4n) is 1.13. The second-order valence-electron chi connectivity index (χ2n) is 6.62. The third kappa shape index (κ3) is 12.4. The minimum Gasteiger partial charge on any atom is -0.438 e. The van der Waals surface area contributed by atoms with Gasteiger partial charge in [0.2, 0.25) is 0 Å². The van der Waals surface area contributed by atoms with Gasteiger partial charge >= 0.3 is 5.97 Å². The number of hydrogen-bond acceptors (Lipinski definition) is 5. The largest absolute Gasteiger partial charge is 0.438 e. The number of ether oxygens (including phenoxy) is 4. The number of esters is 1. The van der Waals surface area contributed by atoms with E-state index in [1.54, 1.807) is 6.92 Å². The smallest absolute Gasteiger partial charge is 0.307 e. The van der Waals surface area contributed by atoms with Crippen molar-refractivity contribution in [3.63, 3.8) is 0 Å². The van der Waals surface area contributed by atoms with Crippen LogP contribution >= 0.6 is 0 Å². The Bertz CT molecular complexity index is 257. The molecule has 0 rings (SSSR count). The topological polar surface area (TPSA) is 54.0 Å². The molecular weight excluding hydrogens is 260 g/mol. The summed E-state index contributed by atoms with van der Waals surface area (Å²) in [7, 11) is 0. The summed E-state index contributed by atoms with van der Waals surface area (Å²) in [5.41, 5.74) is -0.493. The lowest BCUT2D eigenvalue weighted by atomic mass is 10.2. The van der Waals surface area contributed by atoms with E-state index in [-0.39, 0.29) is 30.1 Å². The van der Waals surface area contributed by atoms with Gasteiger partial charge in [-0.1, -0.05) is 6.92 Å². The Labute approximate surface area is 122 Å². The molecule has 0 atom stereocenters. The van der Waals surface area contributed by atoms with Crippen LogP contribution in [0.25, 0.3) is 0 Å². The van der Waals surface area contributed by atoms with Crippen molar-refractivity contribution >= 4 is 5.97 Å². The highest BCUT2D eigenvalue weighted by molar-refractivity contribution is 5.68. The lowest BCUT2D eigenvalue weighted by Gasteiger charge is -2.27. The van der Waals surface area contributed by atoms with Crippen LogP contribution in [0.15, 0.2) is 0 Å². The third-order valence-corrected chi connectivity index (χ3v) is 2.22. The van der Waals surface area contributed by atoms with Gasteiger partial charge in [-0.15, -0.1) is 0 Å². The summed E-state index contributed by atoms with van der Waals surface area (Å²) in [5.74, 6) is -0.280. The number of carbonyl (C=O) groups is 1. The van der Waals surface area contributed by atoms with Crippen molar-refractivity contribution in [1.82, 2.24) is 0 Å². The number of carbonyl (C=O) groups excluding carboxylic acids is 1. The van der Waals surface area contributed by atoms with E-state index in [4.69, 9.17) is 18.9 Å². The van der Waals surface area contributed by atoms with Crippen molar-refractivity contribution in [2.24, 2.45) is 0 Å².